The molecule has 0 atom stereocenters. The molecule has 0 aliphatic carbocycles. The van der Waals surface area contributed by atoms with Gasteiger partial charge >= 0.3 is 5.97 Å². The third kappa shape index (κ3) is 6.41. The van der Waals surface area contributed by atoms with Crippen molar-refractivity contribution in [1.29, 1.82) is 0 Å². The Balaban J connectivity index is 1.38. The van der Waals surface area contributed by atoms with E-state index in [1.807, 2.05) is 0 Å². The Morgan fingerprint density at radius 3 is 2.51 bits per heavy atom. The average molecular weight is 518 g/mol. The van der Waals surface area contributed by atoms with Gasteiger partial charge in [0.15, 0.2) is 11.5 Å². The Labute approximate surface area is 216 Å². The number of nitrogens with one attached hydrogen (secondary N) is 2. The zero-order valence-electron chi connectivity index (χ0n) is 19.4. The van der Waals surface area contributed by atoms with Crippen molar-refractivity contribution in [3.05, 3.63) is 113 Å². The number of nitrogens with zero attached hydrogens (tertiary/aromatic N) is 1. The van der Waals surface area contributed by atoms with Crippen LogP contribution in [-0.4, -0.2) is 31.1 Å². The van der Waals surface area contributed by atoms with E-state index in [4.69, 9.17) is 25.5 Å². The van der Waals surface area contributed by atoms with E-state index in [-0.39, 0.29) is 22.8 Å². The van der Waals surface area contributed by atoms with Crippen LogP contribution in [0.3, 0.4) is 0 Å². The maximum Gasteiger partial charge on any atom is 0.379 e. The third-order valence-electron chi connectivity index (χ3n) is 4.99. The Morgan fingerprint density at radius 1 is 0.919 bits per heavy atom. The van der Waals surface area contributed by atoms with Crippen LogP contribution in [0.5, 0.6) is 11.5 Å². The van der Waals surface area contributed by atoms with Gasteiger partial charge in [-0.2, -0.15) is 5.10 Å². The summed E-state index contributed by atoms with van der Waals surface area (Å²) in [7, 11) is 1.43. The molecule has 0 bridgehead atoms. The zero-order valence-corrected chi connectivity index (χ0v) is 20.2. The van der Waals surface area contributed by atoms with Crippen molar-refractivity contribution in [3.8, 4) is 11.5 Å². The van der Waals surface area contributed by atoms with Crippen molar-refractivity contribution >= 4 is 41.3 Å². The van der Waals surface area contributed by atoms with Crippen LogP contribution >= 0.6 is 11.6 Å². The fourth-order valence-electron chi connectivity index (χ4n) is 3.21. The van der Waals surface area contributed by atoms with Crippen molar-refractivity contribution in [1.82, 2.24) is 5.43 Å². The Kier molecular flexibility index (Phi) is 7.97. The number of ether oxygens (including phenoxy) is 2. The molecule has 0 saturated carbocycles. The van der Waals surface area contributed by atoms with Crippen LogP contribution in [-0.2, 0) is 0 Å². The molecule has 2 amide bonds. The second-order valence-electron chi connectivity index (χ2n) is 7.49. The fourth-order valence-corrected chi connectivity index (χ4v) is 3.43. The van der Waals surface area contributed by atoms with Gasteiger partial charge in [0.25, 0.3) is 11.8 Å². The second-order valence-corrected chi connectivity index (χ2v) is 7.90. The van der Waals surface area contributed by atoms with Crippen LogP contribution in [0.2, 0.25) is 5.02 Å². The van der Waals surface area contributed by atoms with Gasteiger partial charge in [0, 0.05) is 11.3 Å². The fraction of sp³-hybridized carbons (Fsp3) is 0.0370. The molecule has 1 aromatic heterocycles. The number of furan rings is 1. The molecule has 1 heterocycles. The Morgan fingerprint density at radius 2 is 1.76 bits per heavy atom. The van der Waals surface area contributed by atoms with Gasteiger partial charge in [0.1, 0.15) is 0 Å². The molecule has 37 heavy (non-hydrogen) atoms. The van der Waals surface area contributed by atoms with Gasteiger partial charge in [-0.3, -0.25) is 9.59 Å². The van der Waals surface area contributed by atoms with Gasteiger partial charge in [-0.15, -0.1) is 0 Å². The van der Waals surface area contributed by atoms with Gasteiger partial charge in [-0.05, 0) is 66.2 Å². The average Bonchev–Trinajstić information content (AvgIpc) is 3.45. The van der Waals surface area contributed by atoms with Crippen molar-refractivity contribution in [3.63, 3.8) is 0 Å². The Bertz CT molecular complexity index is 1470. The minimum Gasteiger partial charge on any atom is -0.493 e. The lowest BCUT2D eigenvalue weighted by Gasteiger charge is -2.09. The number of methoxy groups -OCH3 is 1. The quantitative estimate of drug-likeness (QED) is 0.144. The first-order valence-corrected chi connectivity index (χ1v) is 11.3. The number of hydrogen-bond donors (Lipinski definition) is 2. The maximum atomic E-state index is 12.6. The molecule has 0 fully saturated rings. The molecule has 0 aliphatic heterocycles. The number of amides is 2. The van der Waals surface area contributed by atoms with Crippen molar-refractivity contribution in [2.75, 3.05) is 12.4 Å². The summed E-state index contributed by atoms with van der Waals surface area (Å²) in [6.45, 7) is 0. The van der Waals surface area contributed by atoms with Gasteiger partial charge in [-0.1, -0.05) is 29.8 Å². The number of carbonyl (C=O) groups excluding carboxylic acids is 3. The summed E-state index contributed by atoms with van der Waals surface area (Å²) >= 11 is 6.07. The summed E-state index contributed by atoms with van der Waals surface area (Å²) in [5.41, 5.74) is 4.04. The number of carbonyl (C=O) groups is 3. The van der Waals surface area contributed by atoms with Crippen LogP contribution in [0.25, 0.3) is 0 Å². The molecule has 4 aromatic rings. The molecular formula is C27H20ClN3O6. The highest BCUT2D eigenvalue weighted by Gasteiger charge is 2.15. The number of benzene rings is 3. The smallest absolute Gasteiger partial charge is 0.379 e. The molecular weight excluding hydrogens is 498 g/mol. The van der Waals surface area contributed by atoms with E-state index in [0.717, 1.165) is 0 Å². The van der Waals surface area contributed by atoms with Gasteiger partial charge in [-0.25, -0.2) is 10.2 Å². The van der Waals surface area contributed by atoms with Crippen LogP contribution in [0.4, 0.5) is 5.69 Å². The molecule has 4 rings (SSSR count). The molecule has 3 aromatic carbocycles. The number of hydrazone groups is 1. The number of rotatable bonds is 8. The molecule has 186 valence electrons. The van der Waals surface area contributed by atoms with Gasteiger partial charge in [0.2, 0.25) is 5.76 Å². The highest BCUT2D eigenvalue weighted by molar-refractivity contribution is 6.34. The van der Waals surface area contributed by atoms with E-state index in [1.54, 1.807) is 60.7 Å². The first-order chi connectivity index (χ1) is 17.9. The van der Waals surface area contributed by atoms with Gasteiger partial charge < -0.3 is 19.2 Å². The largest absolute Gasteiger partial charge is 0.493 e. The second kappa shape index (κ2) is 11.7. The molecule has 0 radical (unpaired) electrons. The number of esters is 1. The molecule has 0 spiro atoms. The number of halogens is 1. The molecule has 10 heteroatoms. The van der Waals surface area contributed by atoms with E-state index in [2.05, 4.69) is 15.8 Å². The summed E-state index contributed by atoms with van der Waals surface area (Å²) in [5.74, 6) is -1.00. The summed E-state index contributed by atoms with van der Waals surface area (Å²) in [6, 6.07) is 20.9. The highest BCUT2D eigenvalue weighted by Crippen LogP contribution is 2.28. The molecule has 0 aliphatic rings. The van der Waals surface area contributed by atoms with Crippen LogP contribution in [0.1, 0.15) is 36.8 Å². The monoisotopic (exact) mass is 517 g/mol. The standard InChI is InChI=1S/C27H20ClN3O6/c1-35-24-14-17(11-12-22(24)37-27(34)23-10-5-13-36-23)16-29-31-25(32)18-6-4-7-19(15-18)30-26(33)20-8-2-3-9-21(20)28/h2-16H,1H3,(H,30,33)(H,31,32). The van der Waals surface area contributed by atoms with Crippen LogP contribution < -0.4 is 20.2 Å². The predicted molar refractivity (Wildman–Crippen MR) is 138 cm³/mol. The molecule has 0 unspecified atom stereocenters. The molecule has 2 N–H and O–H groups in total. The number of anilines is 1. The van der Waals surface area contributed by atoms with E-state index in [0.29, 0.717) is 21.8 Å². The van der Waals surface area contributed by atoms with Crippen molar-refractivity contribution in [2.45, 2.75) is 0 Å². The van der Waals surface area contributed by atoms with E-state index in [9.17, 15) is 14.4 Å². The maximum absolute atomic E-state index is 12.6. The topological polar surface area (TPSA) is 119 Å². The first kappa shape index (κ1) is 25.2. The minimum atomic E-state index is -0.665. The SMILES string of the molecule is COc1cc(C=NNC(=O)c2cccc(NC(=O)c3ccccc3Cl)c2)ccc1OC(=O)c1ccco1. The Hall–Kier alpha value is -4.89. The summed E-state index contributed by atoms with van der Waals surface area (Å²) in [4.78, 5) is 37.1. The zero-order chi connectivity index (χ0) is 26.2. The summed E-state index contributed by atoms with van der Waals surface area (Å²) < 4.78 is 15.6. The van der Waals surface area contributed by atoms with Crippen molar-refractivity contribution < 1.29 is 28.3 Å². The summed E-state index contributed by atoms with van der Waals surface area (Å²) in [6.07, 6.45) is 2.77. The van der Waals surface area contributed by atoms with E-state index < -0.39 is 17.8 Å². The highest BCUT2D eigenvalue weighted by atomic mass is 35.5. The van der Waals surface area contributed by atoms with Crippen LogP contribution in [0.15, 0.2) is 94.6 Å². The van der Waals surface area contributed by atoms with E-state index in [1.165, 1.54) is 37.8 Å². The molecule has 0 saturated heterocycles. The van der Waals surface area contributed by atoms with Crippen LogP contribution in [0, 0.1) is 0 Å². The first-order valence-electron chi connectivity index (χ1n) is 10.9. The predicted octanol–water partition coefficient (Wildman–Crippen LogP) is 5.18. The third-order valence-corrected chi connectivity index (χ3v) is 5.32. The lowest BCUT2D eigenvalue weighted by atomic mass is 10.1. The lowest BCUT2D eigenvalue weighted by molar-refractivity contribution is 0.0696. The van der Waals surface area contributed by atoms with Gasteiger partial charge in [0.05, 0.1) is 30.2 Å². The minimum absolute atomic E-state index is 0.0582. The normalized spacial score (nSPS) is 10.6. The number of hydrogen-bond acceptors (Lipinski definition) is 7. The van der Waals surface area contributed by atoms with E-state index >= 15 is 0 Å². The summed E-state index contributed by atoms with van der Waals surface area (Å²) in [5, 5.41) is 7.01. The molecule has 9 nitrogen and oxygen atoms in total. The lowest BCUT2D eigenvalue weighted by Crippen LogP contribution is -2.18. The van der Waals surface area contributed by atoms with Crippen molar-refractivity contribution in [2.24, 2.45) is 5.10 Å².